The standard InChI is InChI=1S/C38H29NO7/c40-34(27-15-19-32(20-16-27)46-38(43)28-11-5-2-6-12-28)25-44-37(42)29-23-36(41)39(24-29)30-17-21-31(22-18-30)45-35-14-8-7-13-33(35)26-9-3-1-4-10-26/h1-22,29H,23-25H2/t29-/m1/s1. The summed E-state index contributed by atoms with van der Waals surface area (Å²) in [4.78, 5) is 52.0. The Morgan fingerprint density at radius 2 is 1.30 bits per heavy atom. The van der Waals surface area contributed by atoms with Crippen LogP contribution in [-0.4, -0.2) is 36.8 Å². The Kier molecular flexibility index (Phi) is 8.97. The van der Waals surface area contributed by atoms with Gasteiger partial charge in [-0.3, -0.25) is 14.4 Å². The molecule has 0 bridgehead atoms. The van der Waals surface area contributed by atoms with Crippen LogP contribution in [0.25, 0.3) is 11.1 Å². The molecule has 0 unspecified atom stereocenters. The molecule has 1 fully saturated rings. The van der Waals surface area contributed by atoms with Gasteiger partial charge in [0.2, 0.25) is 5.91 Å². The zero-order chi connectivity index (χ0) is 31.9. The third-order valence-corrected chi connectivity index (χ3v) is 7.55. The summed E-state index contributed by atoms with van der Waals surface area (Å²) in [6.45, 7) is -0.326. The largest absolute Gasteiger partial charge is 0.457 e. The third-order valence-electron chi connectivity index (χ3n) is 7.55. The fourth-order valence-electron chi connectivity index (χ4n) is 5.13. The second kappa shape index (κ2) is 13.7. The summed E-state index contributed by atoms with van der Waals surface area (Å²) >= 11 is 0. The molecular weight excluding hydrogens is 582 g/mol. The first-order chi connectivity index (χ1) is 22.4. The van der Waals surface area contributed by atoms with Gasteiger partial charge in [0.1, 0.15) is 17.2 Å². The van der Waals surface area contributed by atoms with E-state index >= 15 is 0 Å². The second-order valence-electron chi connectivity index (χ2n) is 10.7. The van der Waals surface area contributed by atoms with Crippen LogP contribution >= 0.6 is 0 Å². The number of ketones is 1. The zero-order valence-corrected chi connectivity index (χ0v) is 24.7. The van der Waals surface area contributed by atoms with Crippen LogP contribution in [0.1, 0.15) is 27.1 Å². The van der Waals surface area contributed by atoms with Crippen LogP contribution in [0.5, 0.6) is 17.2 Å². The van der Waals surface area contributed by atoms with Crippen molar-refractivity contribution >= 4 is 29.3 Å². The average Bonchev–Trinajstić information content (AvgIpc) is 3.50. The molecule has 1 heterocycles. The quantitative estimate of drug-likeness (QED) is 0.0940. The molecule has 8 nitrogen and oxygen atoms in total. The lowest BCUT2D eigenvalue weighted by molar-refractivity contribution is -0.147. The maximum absolute atomic E-state index is 12.8. The summed E-state index contributed by atoms with van der Waals surface area (Å²) in [5.74, 6) is -0.860. The minimum atomic E-state index is -0.700. The van der Waals surface area contributed by atoms with E-state index in [0.717, 1.165) is 11.1 Å². The van der Waals surface area contributed by atoms with E-state index in [4.69, 9.17) is 14.2 Å². The van der Waals surface area contributed by atoms with Crippen molar-refractivity contribution in [2.24, 2.45) is 5.92 Å². The van der Waals surface area contributed by atoms with Gasteiger partial charge in [-0.1, -0.05) is 66.7 Å². The molecule has 0 spiro atoms. The Hall–Kier alpha value is -6.02. The number of carbonyl (C=O) groups excluding carboxylic acids is 4. The van der Waals surface area contributed by atoms with Gasteiger partial charge in [-0.15, -0.1) is 0 Å². The maximum atomic E-state index is 12.8. The molecule has 228 valence electrons. The smallest absolute Gasteiger partial charge is 0.343 e. The first-order valence-electron chi connectivity index (χ1n) is 14.7. The molecule has 46 heavy (non-hydrogen) atoms. The average molecular weight is 612 g/mol. The van der Waals surface area contributed by atoms with Crippen molar-refractivity contribution in [1.29, 1.82) is 0 Å². The van der Waals surface area contributed by atoms with Gasteiger partial charge in [0.05, 0.1) is 11.5 Å². The Morgan fingerprint density at radius 3 is 2.02 bits per heavy atom. The molecule has 5 aromatic carbocycles. The van der Waals surface area contributed by atoms with Crippen molar-refractivity contribution in [2.75, 3.05) is 18.1 Å². The number of para-hydroxylation sites is 1. The molecule has 1 saturated heterocycles. The first-order valence-corrected chi connectivity index (χ1v) is 14.7. The number of anilines is 1. The Labute approximate surface area is 265 Å². The number of benzene rings is 5. The monoisotopic (exact) mass is 611 g/mol. The number of nitrogens with zero attached hydrogens (tertiary/aromatic N) is 1. The summed E-state index contributed by atoms with van der Waals surface area (Å²) in [7, 11) is 0. The van der Waals surface area contributed by atoms with Crippen molar-refractivity contribution < 1.29 is 33.4 Å². The fourth-order valence-corrected chi connectivity index (χ4v) is 5.13. The molecule has 1 atom stereocenters. The van der Waals surface area contributed by atoms with Gasteiger partial charge in [0, 0.05) is 29.8 Å². The van der Waals surface area contributed by atoms with Crippen LogP contribution in [0, 0.1) is 5.92 Å². The third kappa shape index (κ3) is 7.03. The molecular formula is C38H29NO7. The Bertz CT molecular complexity index is 1850. The highest BCUT2D eigenvalue weighted by Crippen LogP contribution is 2.34. The van der Waals surface area contributed by atoms with Gasteiger partial charge in [-0.05, 0) is 72.3 Å². The minimum Gasteiger partial charge on any atom is -0.457 e. The molecule has 8 heteroatoms. The van der Waals surface area contributed by atoms with Crippen molar-refractivity contribution in [1.82, 2.24) is 0 Å². The van der Waals surface area contributed by atoms with Gasteiger partial charge in [0.15, 0.2) is 12.4 Å². The van der Waals surface area contributed by atoms with E-state index in [0.29, 0.717) is 28.3 Å². The van der Waals surface area contributed by atoms with Crippen LogP contribution in [-0.2, 0) is 14.3 Å². The normalized spacial score (nSPS) is 14.0. The predicted molar refractivity (Wildman–Crippen MR) is 172 cm³/mol. The van der Waals surface area contributed by atoms with Crippen LogP contribution in [0.3, 0.4) is 0 Å². The van der Waals surface area contributed by atoms with E-state index in [2.05, 4.69) is 0 Å². The first kappa shape index (κ1) is 30.0. The minimum absolute atomic E-state index is 0.0167. The van der Waals surface area contributed by atoms with Gasteiger partial charge in [0.25, 0.3) is 0 Å². The van der Waals surface area contributed by atoms with Crippen molar-refractivity contribution in [3.63, 3.8) is 0 Å². The predicted octanol–water partition coefficient (Wildman–Crippen LogP) is 7.14. The highest BCUT2D eigenvalue weighted by Gasteiger charge is 2.36. The molecule has 0 radical (unpaired) electrons. The van der Waals surface area contributed by atoms with E-state index in [1.165, 1.54) is 29.2 Å². The SMILES string of the molecule is O=C(COC(=O)[C@@H]1CC(=O)N(c2ccc(Oc3ccccc3-c3ccccc3)cc2)C1)c1ccc(OC(=O)c2ccccc2)cc1. The number of ether oxygens (including phenoxy) is 3. The number of Topliss-reactive ketones (excluding diaryl/α,β-unsaturated/α-hetero) is 1. The lowest BCUT2D eigenvalue weighted by Crippen LogP contribution is -2.27. The Balaban J connectivity index is 1.01. The van der Waals surface area contributed by atoms with Gasteiger partial charge >= 0.3 is 11.9 Å². The van der Waals surface area contributed by atoms with Gasteiger partial charge in [-0.2, -0.15) is 0 Å². The number of rotatable bonds is 10. The second-order valence-corrected chi connectivity index (χ2v) is 10.7. The van der Waals surface area contributed by atoms with Gasteiger partial charge in [-0.25, -0.2) is 4.79 Å². The van der Waals surface area contributed by atoms with Crippen LogP contribution in [0.15, 0.2) is 133 Å². The molecule has 0 aromatic heterocycles. The molecule has 1 amide bonds. The molecule has 0 aliphatic carbocycles. The van der Waals surface area contributed by atoms with Crippen molar-refractivity contribution in [2.45, 2.75) is 6.42 Å². The maximum Gasteiger partial charge on any atom is 0.343 e. The van der Waals surface area contributed by atoms with Crippen LogP contribution in [0.4, 0.5) is 5.69 Å². The van der Waals surface area contributed by atoms with Crippen molar-refractivity contribution in [3.8, 4) is 28.4 Å². The van der Waals surface area contributed by atoms with Crippen molar-refractivity contribution in [3.05, 3.63) is 145 Å². The summed E-state index contributed by atoms with van der Waals surface area (Å²) in [5.41, 5.74) is 3.34. The van der Waals surface area contributed by atoms with E-state index in [1.807, 2.05) is 54.6 Å². The summed E-state index contributed by atoms with van der Waals surface area (Å²) in [6.07, 6.45) is -0.0167. The lowest BCUT2D eigenvalue weighted by atomic mass is 10.0. The molecule has 6 rings (SSSR count). The molecule has 1 aliphatic rings. The van der Waals surface area contributed by atoms with E-state index in [1.54, 1.807) is 54.6 Å². The topological polar surface area (TPSA) is 99.2 Å². The number of esters is 2. The van der Waals surface area contributed by atoms with Crippen LogP contribution < -0.4 is 14.4 Å². The molecule has 1 aliphatic heterocycles. The number of hydrogen-bond acceptors (Lipinski definition) is 7. The Morgan fingerprint density at radius 1 is 0.674 bits per heavy atom. The molecule has 0 saturated carbocycles. The fraction of sp³-hybridized carbons (Fsp3) is 0.105. The molecule has 5 aromatic rings. The lowest BCUT2D eigenvalue weighted by Gasteiger charge is -2.17. The highest BCUT2D eigenvalue weighted by atomic mass is 16.5. The summed E-state index contributed by atoms with van der Waals surface area (Å²) in [5, 5.41) is 0. The van der Waals surface area contributed by atoms with E-state index in [9.17, 15) is 19.2 Å². The highest BCUT2D eigenvalue weighted by molar-refractivity contribution is 6.01. The van der Waals surface area contributed by atoms with E-state index < -0.39 is 30.2 Å². The van der Waals surface area contributed by atoms with Gasteiger partial charge < -0.3 is 19.1 Å². The summed E-state index contributed by atoms with van der Waals surface area (Å²) < 4.78 is 16.8. The van der Waals surface area contributed by atoms with E-state index in [-0.39, 0.29) is 24.6 Å². The number of amides is 1. The zero-order valence-electron chi connectivity index (χ0n) is 24.7. The van der Waals surface area contributed by atoms with Crippen LogP contribution in [0.2, 0.25) is 0 Å². The number of carbonyl (C=O) groups is 4. The number of hydrogen-bond donors (Lipinski definition) is 0. The molecule has 0 N–H and O–H groups in total. The summed E-state index contributed by atoms with van der Waals surface area (Å²) in [6, 6.07) is 39.4.